The van der Waals surface area contributed by atoms with Gasteiger partial charge >= 0.3 is 0 Å². The predicted octanol–water partition coefficient (Wildman–Crippen LogP) is 2.68. The molecule has 66 valence electrons. The second-order valence-corrected chi connectivity index (χ2v) is 2.87. The van der Waals surface area contributed by atoms with Gasteiger partial charge in [0.25, 0.3) is 0 Å². The quantitative estimate of drug-likeness (QED) is 0.677. The van der Waals surface area contributed by atoms with E-state index in [-0.39, 0.29) is 0 Å². The lowest BCUT2D eigenvalue weighted by atomic mass is 10.2. The van der Waals surface area contributed by atoms with Crippen molar-refractivity contribution in [3.63, 3.8) is 0 Å². The number of nitrogens with zero attached hydrogens (tertiary/aromatic N) is 1. The van der Waals surface area contributed by atoms with Crippen molar-refractivity contribution >= 4 is 5.69 Å². The summed E-state index contributed by atoms with van der Waals surface area (Å²) in [5, 5.41) is 3.34. The van der Waals surface area contributed by atoms with E-state index in [4.69, 9.17) is 0 Å². The van der Waals surface area contributed by atoms with Gasteiger partial charge in [-0.05, 0) is 18.6 Å². The van der Waals surface area contributed by atoms with E-state index >= 15 is 0 Å². The monoisotopic (exact) mass is 164 g/mol. The molecule has 1 aromatic rings. The van der Waals surface area contributed by atoms with Gasteiger partial charge in [0.1, 0.15) is 0 Å². The Labute approximate surface area is 74.0 Å². The van der Waals surface area contributed by atoms with Gasteiger partial charge in [0, 0.05) is 24.6 Å². The standard InChI is InChI=1S/C10H16N2/c1-2-3-4-7-12-10-5-8-11-9-6-10/h5-6,8-9H,2-4,7H2,1H3,(H,11,12). The Balaban J connectivity index is 2.16. The molecule has 1 aromatic heterocycles. The molecule has 2 heteroatoms. The van der Waals surface area contributed by atoms with E-state index in [1.807, 2.05) is 24.5 Å². The van der Waals surface area contributed by atoms with Gasteiger partial charge in [-0.2, -0.15) is 0 Å². The van der Waals surface area contributed by atoms with Crippen molar-refractivity contribution in [3.8, 4) is 0 Å². The van der Waals surface area contributed by atoms with Crippen molar-refractivity contribution in [2.45, 2.75) is 26.2 Å². The zero-order valence-electron chi connectivity index (χ0n) is 7.59. The number of hydrogen-bond acceptors (Lipinski definition) is 2. The number of hydrogen-bond donors (Lipinski definition) is 1. The van der Waals surface area contributed by atoms with Gasteiger partial charge in [0.15, 0.2) is 0 Å². The summed E-state index contributed by atoms with van der Waals surface area (Å²) in [5.41, 5.74) is 1.17. The maximum absolute atomic E-state index is 3.95. The summed E-state index contributed by atoms with van der Waals surface area (Å²) in [6.07, 6.45) is 7.44. The zero-order valence-corrected chi connectivity index (χ0v) is 7.59. The van der Waals surface area contributed by atoms with Crippen molar-refractivity contribution < 1.29 is 0 Å². The molecule has 0 amide bonds. The molecular weight excluding hydrogens is 148 g/mol. The Kier molecular flexibility index (Phi) is 4.21. The minimum Gasteiger partial charge on any atom is -0.385 e. The summed E-state index contributed by atoms with van der Waals surface area (Å²) in [6.45, 7) is 3.28. The van der Waals surface area contributed by atoms with Crippen molar-refractivity contribution in [2.75, 3.05) is 11.9 Å². The fourth-order valence-electron chi connectivity index (χ4n) is 1.08. The molecule has 12 heavy (non-hydrogen) atoms. The van der Waals surface area contributed by atoms with Gasteiger partial charge in [-0.1, -0.05) is 19.8 Å². The second kappa shape index (κ2) is 5.58. The molecule has 0 unspecified atom stereocenters. The summed E-state index contributed by atoms with van der Waals surface area (Å²) in [6, 6.07) is 3.98. The molecular formula is C10H16N2. The third kappa shape index (κ3) is 3.37. The number of rotatable bonds is 5. The highest BCUT2D eigenvalue weighted by atomic mass is 14.9. The van der Waals surface area contributed by atoms with Gasteiger partial charge in [0.05, 0.1) is 0 Å². The predicted molar refractivity (Wildman–Crippen MR) is 52.3 cm³/mol. The molecule has 0 bridgehead atoms. The minimum absolute atomic E-state index is 1.07. The lowest BCUT2D eigenvalue weighted by molar-refractivity contribution is 0.744. The third-order valence-corrected chi connectivity index (χ3v) is 1.79. The number of pyridine rings is 1. The Bertz CT molecular complexity index is 196. The smallest absolute Gasteiger partial charge is 0.0371 e. The number of nitrogens with one attached hydrogen (secondary N) is 1. The summed E-state index contributed by atoms with van der Waals surface area (Å²) >= 11 is 0. The highest BCUT2D eigenvalue weighted by Crippen LogP contribution is 2.03. The van der Waals surface area contributed by atoms with E-state index in [1.54, 1.807) is 0 Å². The van der Waals surface area contributed by atoms with Gasteiger partial charge in [0.2, 0.25) is 0 Å². The van der Waals surface area contributed by atoms with E-state index in [2.05, 4.69) is 17.2 Å². The van der Waals surface area contributed by atoms with Crippen molar-refractivity contribution in [1.82, 2.24) is 4.98 Å². The molecule has 0 aromatic carbocycles. The third-order valence-electron chi connectivity index (χ3n) is 1.79. The largest absolute Gasteiger partial charge is 0.385 e. The van der Waals surface area contributed by atoms with Crippen molar-refractivity contribution in [2.24, 2.45) is 0 Å². The van der Waals surface area contributed by atoms with Crippen molar-refractivity contribution in [3.05, 3.63) is 24.5 Å². The molecule has 0 saturated carbocycles. The number of anilines is 1. The Morgan fingerprint density at radius 3 is 2.67 bits per heavy atom. The van der Waals surface area contributed by atoms with Gasteiger partial charge in [-0.3, -0.25) is 4.98 Å². The maximum Gasteiger partial charge on any atom is 0.0371 e. The van der Waals surface area contributed by atoms with Crippen LogP contribution in [-0.4, -0.2) is 11.5 Å². The van der Waals surface area contributed by atoms with Gasteiger partial charge in [-0.15, -0.1) is 0 Å². The molecule has 1 heterocycles. The average molecular weight is 164 g/mol. The first kappa shape index (κ1) is 9.04. The number of unbranched alkanes of at least 4 members (excludes halogenated alkanes) is 2. The average Bonchev–Trinajstić information content (AvgIpc) is 2.14. The molecule has 0 aliphatic carbocycles. The van der Waals surface area contributed by atoms with E-state index in [0.29, 0.717) is 0 Å². The summed E-state index contributed by atoms with van der Waals surface area (Å²) in [7, 11) is 0. The van der Waals surface area contributed by atoms with Crippen LogP contribution in [0.15, 0.2) is 24.5 Å². The first-order chi connectivity index (χ1) is 5.93. The van der Waals surface area contributed by atoms with Gasteiger partial charge in [-0.25, -0.2) is 0 Å². The normalized spacial score (nSPS) is 9.75. The zero-order chi connectivity index (χ0) is 8.65. The molecule has 2 nitrogen and oxygen atoms in total. The fraction of sp³-hybridized carbons (Fsp3) is 0.500. The van der Waals surface area contributed by atoms with E-state index in [1.165, 1.54) is 24.9 Å². The molecule has 1 N–H and O–H groups in total. The van der Waals surface area contributed by atoms with Crippen LogP contribution in [0.5, 0.6) is 0 Å². The van der Waals surface area contributed by atoms with E-state index < -0.39 is 0 Å². The first-order valence-corrected chi connectivity index (χ1v) is 4.57. The second-order valence-electron chi connectivity index (χ2n) is 2.87. The van der Waals surface area contributed by atoms with Crippen LogP contribution in [0.3, 0.4) is 0 Å². The van der Waals surface area contributed by atoms with Crippen LogP contribution in [0.4, 0.5) is 5.69 Å². The molecule has 0 radical (unpaired) electrons. The Morgan fingerprint density at radius 2 is 2.00 bits per heavy atom. The van der Waals surface area contributed by atoms with E-state index in [0.717, 1.165) is 6.54 Å². The summed E-state index contributed by atoms with van der Waals surface area (Å²) in [4.78, 5) is 3.95. The lowest BCUT2D eigenvalue weighted by Gasteiger charge is -2.03. The molecule has 1 rings (SSSR count). The van der Waals surface area contributed by atoms with E-state index in [9.17, 15) is 0 Å². The lowest BCUT2D eigenvalue weighted by Crippen LogP contribution is -2.00. The minimum atomic E-state index is 1.07. The molecule has 0 saturated heterocycles. The summed E-state index contributed by atoms with van der Waals surface area (Å²) in [5.74, 6) is 0. The highest BCUT2D eigenvalue weighted by Gasteiger charge is 1.88. The van der Waals surface area contributed by atoms with Crippen molar-refractivity contribution in [1.29, 1.82) is 0 Å². The first-order valence-electron chi connectivity index (χ1n) is 4.57. The Hall–Kier alpha value is -1.05. The molecule has 0 aliphatic heterocycles. The molecule has 0 spiro atoms. The fourth-order valence-corrected chi connectivity index (χ4v) is 1.08. The molecule has 0 fully saturated rings. The van der Waals surface area contributed by atoms with Crippen LogP contribution in [0.2, 0.25) is 0 Å². The van der Waals surface area contributed by atoms with Crippen LogP contribution in [0.1, 0.15) is 26.2 Å². The van der Waals surface area contributed by atoms with Crippen LogP contribution in [0.25, 0.3) is 0 Å². The molecule has 0 atom stereocenters. The Morgan fingerprint density at radius 1 is 1.25 bits per heavy atom. The SMILES string of the molecule is CCCCCNc1ccncc1. The van der Waals surface area contributed by atoms with Crippen LogP contribution < -0.4 is 5.32 Å². The highest BCUT2D eigenvalue weighted by molar-refractivity contribution is 5.40. The van der Waals surface area contributed by atoms with Gasteiger partial charge < -0.3 is 5.32 Å². The topological polar surface area (TPSA) is 24.9 Å². The number of aromatic nitrogens is 1. The van der Waals surface area contributed by atoms with Crippen LogP contribution in [0, 0.1) is 0 Å². The van der Waals surface area contributed by atoms with Crippen LogP contribution >= 0.6 is 0 Å². The molecule has 0 aliphatic rings. The maximum atomic E-state index is 3.95. The summed E-state index contributed by atoms with van der Waals surface area (Å²) < 4.78 is 0. The van der Waals surface area contributed by atoms with Crippen LogP contribution in [-0.2, 0) is 0 Å².